The molecule has 4 atom stereocenters. The zero-order valence-corrected chi connectivity index (χ0v) is 31.3. The van der Waals surface area contributed by atoms with E-state index in [1.165, 1.54) is 0 Å². The fraction of sp³-hybridized carbons (Fsp3) is 0.513. The number of aliphatic carboxylic acids is 1. The molecule has 4 fully saturated rings. The molecule has 3 unspecified atom stereocenters. The number of phenolic OH excluding ortho intramolecular Hbond substituents is 1. The van der Waals surface area contributed by atoms with Crippen molar-refractivity contribution < 1.29 is 29.0 Å². The van der Waals surface area contributed by atoms with Crippen molar-refractivity contribution in [3.8, 4) is 28.8 Å². The van der Waals surface area contributed by atoms with Gasteiger partial charge in [0.15, 0.2) is 11.6 Å². The molecule has 3 aromatic heterocycles. The zero-order valence-electron chi connectivity index (χ0n) is 31.3. The van der Waals surface area contributed by atoms with Gasteiger partial charge in [-0.3, -0.25) is 14.6 Å². The molecule has 8 rings (SSSR count). The van der Waals surface area contributed by atoms with E-state index in [0.717, 1.165) is 76.5 Å². The maximum atomic E-state index is 11.6. The van der Waals surface area contributed by atoms with Crippen molar-refractivity contribution in [2.24, 2.45) is 5.92 Å². The third kappa shape index (κ3) is 8.31. The maximum absolute atomic E-state index is 11.6. The van der Waals surface area contributed by atoms with E-state index >= 15 is 0 Å². The number of fused-ring (bicyclic) bond motifs is 4. The summed E-state index contributed by atoms with van der Waals surface area (Å²) < 4.78 is 17.3. The number of phenols is 1. The Morgan fingerprint density at radius 3 is 2.50 bits per heavy atom. The smallest absolute Gasteiger partial charge is 0.314 e. The quantitative estimate of drug-likeness (QED) is 0.166. The first-order valence-electron chi connectivity index (χ1n) is 19.0. The number of nitrogens with two attached hydrogens (primary N) is 1. The van der Waals surface area contributed by atoms with Crippen LogP contribution in [0.1, 0.15) is 51.7 Å². The van der Waals surface area contributed by atoms with Gasteiger partial charge in [-0.1, -0.05) is 26.0 Å². The predicted molar refractivity (Wildman–Crippen MR) is 204 cm³/mol. The molecule has 1 aromatic carbocycles. The summed E-state index contributed by atoms with van der Waals surface area (Å²) in [6, 6.07) is 15.7. The summed E-state index contributed by atoms with van der Waals surface area (Å²) in [5.74, 6) is 0.0139. The van der Waals surface area contributed by atoms with E-state index in [-0.39, 0.29) is 23.8 Å². The molecule has 15 heteroatoms. The summed E-state index contributed by atoms with van der Waals surface area (Å²) in [5, 5.41) is 32.5. The number of ether oxygens (including phenoxy) is 2. The summed E-state index contributed by atoms with van der Waals surface area (Å²) in [6.07, 6.45) is 5.07. The predicted octanol–water partition coefficient (Wildman–Crippen LogP) is 4.35. The van der Waals surface area contributed by atoms with E-state index in [9.17, 15) is 15.0 Å². The van der Waals surface area contributed by atoms with E-state index in [0.29, 0.717) is 53.9 Å². The van der Waals surface area contributed by atoms with Gasteiger partial charge in [-0.2, -0.15) is 0 Å². The van der Waals surface area contributed by atoms with Crippen molar-refractivity contribution in [2.45, 2.75) is 64.1 Å². The van der Waals surface area contributed by atoms with Crippen molar-refractivity contribution >= 4 is 23.2 Å². The molecule has 4 aromatic rings. The highest BCUT2D eigenvalue weighted by Crippen LogP contribution is 2.38. The molecule has 54 heavy (non-hydrogen) atoms. The lowest BCUT2D eigenvalue weighted by molar-refractivity contribution is -0.140. The van der Waals surface area contributed by atoms with Crippen LogP contribution in [0.2, 0.25) is 0 Å². The number of aromatic hydroxyl groups is 1. The van der Waals surface area contributed by atoms with Crippen LogP contribution in [0.3, 0.4) is 0 Å². The van der Waals surface area contributed by atoms with Crippen LogP contribution in [0.15, 0.2) is 59.3 Å². The van der Waals surface area contributed by atoms with Gasteiger partial charge in [-0.25, -0.2) is 4.98 Å². The molecule has 288 valence electrons. The number of aromatic nitrogens is 4. The Morgan fingerprint density at radius 2 is 1.72 bits per heavy atom. The number of carboxylic acids is 1. The molecule has 2 bridgehead atoms. The van der Waals surface area contributed by atoms with E-state index in [1.54, 1.807) is 18.2 Å². The molecule has 0 spiro atoms. The number of pyridine rings is 1. The lowest BCUT2D eigenvalue weighted by Gasteiger charge is -2.46. The Morgan fingerprint density at radius 1 is 0.963 bits per heavy atom. The third-order valence-corrected chi connectivity index (χ3v) is 11.0. The minimum Gasteiger partial charge on any atom is -0.507 e. The van der Waals surface area contributed by atoms with Crippen molar-refractivity contribution in [1.82, 2.24) is 30.1 Å². The number of piperazine rings is 2. The fourth-order valence-corrected chi connectivity index (χ4v) is 8.12. The normalized spacial score (nSPS) is 21.3. The number of carboxylic acid groups (broad SMARTS) is 1. The molecule has 15 nitrogen and oxygen atoms in total. The van der Waals surface area contributed by atoms with E-state index in [4.69, 9.17) is 19.7 Å². The van der Waals surface area contributed by atoms with Gasteiger partial charge in [0.2, 0.25) is 5.88 Å². The number of rotatable bonds is 14. The summed E-state index contributed by atoms with van der Waals surface area (Å²) in [6.45, 7) is 12.8. The number of carbonyl (C=O) groups is 1. The second kappa shape index (κ2) is 16.5. The van der Waals surface area contributed by atoms with E-state index < -0.39 is 11.9 Å². The van der Waals surface area contributed by atoms with Gasteiger partial charge >= 0.3 is 5.97 Å². The zero-order chi connectivity index (χ0) is 37.8. The standard InChI is InChI=1S/C39H51N9O6/c1-25(2)37(39(50)51)34-21-36(44-54-34)53-17-15-45-13-14-46(26(3)22-45)16-18-52-35-19-27(11-12-41-35)47-23-29-8-6-7-28(47)24-48(29)32-20-31(42-43-38(32)40)30-9-4-5-10-33(30)49/h4-5,9-12,19-21,25-26,28-29,37,49H,6-8,13-18,22-24H2,1-3H3,(H2,40,43)(H,50,51)/t26-,28?,29?,37?/m1/s1. The van der Waals surface area contributed by atoms with E-state index in [1.807, 2.05) is 38.2 Å². The number of anilines is 3. The fourth-order valence-electron chi connectivity index (χ4n) is 8.12. The Hall–Kier alpha value is -5.15. The second-order valence-electron chi connectivity index (χ2n) is 14.9. The lowest BCUT2D eigenvalue weighted by atomic mass is 9.94. The van der Waals surface area contributed by atoms with Gasteiger partial charge in [0.1, 0.15) is 24.9 Å². The highest BCUT2D eigenvalue weighted by molar-refractivity contribution is 5.76. The maximum Gasteiger partial charge on any atom is 0.314 e. The van der Waals surface area contributed by atoms with Crippen LogP contribution >= 0.6 is 0 Å². The summed E-state index contributed by atoms with van der Waals surface area (Å²) in [5.41, 5.74) is 9.63. The third-order valence-electron chi connectivity index (χ3n) is 11.0. The summed E-state index contributed by atoms with van der Waals surface area (Å²) in [4.78, 5) is 25.8. The first kappa shape index (κ1) is 37.2. The largest absolute Gasteiger partial charge is 0.507 e. The van der Waals surface area contributed by atoms with Gasteiger partial charge in [0.25, 0.3) is 5.88 Å². The molecule has 0 saturated carbocycles. The first-order chi connectivity index (χ1) is 26.1. The molecule has 7 heterocycles. The van der Waals surface area contributed by atoms with E-state index in [2.05, 4.69) is 59.0 Å². The second-order valence-corrected chi connectivity index (χ2v) is 14.9. The van der Waals surface area contributed by atoms with Crippen molar-refractivity contribution in [2.75, 3.05) is 74.6 Å². The average molecular weight is 742 g/mol. The molecular weight excluding hydrogens is 690 g/mol. The molecule has 4 aliphatic heterocycles. The highest BCUT2D eigenvalue weighted by atomic mass is 16.5. The Kier molecular flexibility index (Phi) is 11.3. The number of nitrogens with zero attached hydrogens (tertiary/aromatic N) is 8. The summed E-state index contributed by atoms with van der Waals surface area (Å²) in [7, 11) is 0. The first-order valence-corrected chi connectivity index (χ1v) is 19.0. The van der Waals surface area contributed by atoms with Gasteiger partial charge in [0, 0.05) is 93.5 Å². The van der Waals surface area contributed by atoms with Crippen LogP contribution in [-0.2, 0) is 4.79 Å². The molecule has 4 N–H and O–H groups in total. The van der Waals surface area contributed by atoms with Crippen LogP contribution in [0.5, 0.6) is 17.5 Å². The van der Waals surface area contributed by atoms with Crippen LogP contribution in [0.25, 0.3) is 11.3 Å². The van der Waals surface area contributed by atoms with Gasteiger partial charge in [-0.15, -0.1) is 10.2 Å². The number of hydrogen-bond acceptors (Lipinski definition) is 14. The number of nitrogen functional groups attached to an aromatic ring is 1. The van der Waals surface area contributed by atoms with Crippen LogP contribution < -0.4 is 25.0 Å². The molecule has 0 radical (unpaired) electrons. The molecule has 0 amide bonds. The Balaban J connectivity index is 0.889. The molecule has 0 aliphatic carbocycles. The van der Waals surface area contributed by atoms with Crippen LogP contribution in [0, 0.1) is 5.92 Å². The molecular formula is C39H51N9O6. The number of para-hydroxylation sites is 1. The topological polar surface area (TPSA) is 180 Å². The minimum absolute atomic E-state index is 0.119. The lowest BCUT2D eigenvalue weighted by Crippen LogP contribution is -2.57. The van der Waals surface area contributed by atoms with Crippen LogP contribution in [-0.4, -0.2) is 123 Å². The minimum atomic E-state index is -0.934. The molecule has 4 aliphatic rings. The SMILES string of the molecule is CC(C)C(C(=O)O)c1cc(OCCN2CCN(CCOc3cc(N4CC5CCCC4CN5c4cc(-c5ccccc5O)nnc4N)ccn3)[C@H](C)C2)no1. The van der Waals surface area contributed by atoms with Crippen LogP contribution in [0.4, 0.5) is 17.2 Å². The van der Waals surface area contributed by atoms with Crippen molar-refractivity contribution in [3.05, 3.63) is 60.5 Å². The monoisotopic (exact) mass is 741 g/mol. The highest BCUT2D eigenvalue weighted by Gasteiger charge is 2.38. The van der Waals surface area contributed by atoms with Crippen molar-refractivity contribution in [3.63, 3.8) is 0 Å². The average Bonchev–Trinajstić information content (AvgIpc) is 3.37. The van der Waals surface area contributed by atoms with Gasteiger partial charge in [-0.05, 0) is 61.5 Å². The van der Waals surface area contributed by atoms with Gasteiger partial charge < -0.3 is 39.7 Å². The number of hydrogen-bond donors (Lipinski definition) is 3. The Bertz CT molecular complexity index is 1890. The molecule has 4 saturated heterocycles. The Labute approximate surface area is 315 Å². The van der Waals surface area contributed by atoms with Crippen molar-refractivity contribution in [1.29, 1.82) is 0 Å². The summed E-state index contributed by atoms with van der Waals surface area (Å²) >= 11 is 0. The number of benzene rings is 1. The van der Waals surface area contributed by atoms with Gasteiger partial charge in [0.05, 0.1) is 11.4 Å².